The third-order valence-electron chi connectivity index (χ3n) is 3.14. The van der Waals surface area contributed by atoms with Gasteiger partial charge >= 0.3 is 0 Å². The summed E-state index contributed by atoms with van der Waals surface area (Å²) in [7, 11) is -1.74. The summed E-state index contributed by atoms with van der Waals surface area (Å²) < 4.78 is 7.24. The van der Waals surface area contributed by atoms with Gasteiger partial charge in [0.1, 0.15) is 11.4 Å². The second-order valence-corrected chi connectivity index (χ2v) is 11.3. The lowest BCUT2D eigenvalue weighted by atomic mass is 9.83. The summed E-state index contributed by atoms with van der Waals surface area (Å²) in [6.45, 7) is 6.47. The fourth-order valence-corrected chi connectivity index (χ4v) is 4.11. The highest BCUT2D eigenvalue weighted by Gasteiger charge is 2.42. The Morgan fingerprint density at radius 2 is 1.74 bits per heavy atom. The number of halogens is 1. The van der Waals surface area contributed by atoms with Crippen LogP contribution in [0.2, 0.25) is 19.6 Å². The number of rotatable bonds is 3. The van der Waals surface area contributed by atoms with E-state index in [0.717, 1.165) is 4.47 Å². The van der Waals surface area contributed by atoms with Crippen LogP contribution in [0.5, 0.6) is 0 Å². The number of hydrogen-bond acceptors (Lipinski definition) is 4. The van der Waals surface area contributed by atoms with Crippen LogP contribution in [0.15, 0.2) is 16.9 Å². The van der Waals surface area contributed by atoms with E-state index in [2.05, 4.69) is 45.5 Å². The minimum Gasteiger partial charge on any atom is -0.405 e. The Kier molecular flexibility index (Phi) is 4.22. The van der Waals surface area contributed by atoms with Gasteiger partial charge in [-0.15, -0.1) is 0 Å². The summed E-state index contributed by atoms with van der Waals surface area (Å²) in [5.41, 5.74) is -0.473. The molecule has 1 aromatic rings. The highest BCUT2D eigenvalue weighted by Crippen LogP contribution is 2.39. The lowest BCUT2D eigenvalue weighted by Crippen LogP contribution is -2.44. The summed E-state index contributed by atoms with van der Waals surface area (Å²) in [4.78, 5) is 20.3. The molecule has 0 saturated heterocycles. The first-order valence-electron chi connectivity index (χ1n) is 6.51. The van der Waals surface area contributed by atoms with Gasteiger partial charge in [-0.25, -0.2) is 9.97 Å². The van der Waals surface area contributed by atoms with Crippen LogP contribution in [0.1, 0.15) is 31.5 Å². The predicted octanol–water partition coefficient (Wildman–Crippen LogP) is 3.43. The molecule has 0 amide bonds. The topological polar surface area (TPSA) is 52.1 Å². The van der Waals surface area contributed by atoms with Gasteiger partial charge in [-0.1, -0.05) is 0 Å². The molecule has 19 heavy (non-hydrogen) atoms. The van der Waals surface area contributed by atoms with Crippen molar-refractivity contribution in [2.45, 2.75) is 50.9 Å². The summed E-state index contributed by atoms with van der Waals surface area (Å²) in [5.74, 6) is 1.03. The van der Waals surface area contributed by atoms with Crippen molar-refractivity contribution in [1.82, 2.24) is 9.97 Å². The van der Waals surface area contributed by atoms with Crippen LogP contribution in [0, 0.1) is 0 Å². The van der Waals surface area contributed by atoms with E-state index >= 15 is 0 Å². The van der Waals surface area contributed by atoms with E-state index in [9.17, 15) is 4.79 Å². The molecule has 2 rings (SSSR count). The Morgan fingerprint density at radius 3 is 2.21 bits per heavy atom. The lowest BCUT2D eigenvalue weighted by Gasteiger charge is -2.40. The van der Waals surface area contributed by atoms with Crippen molar-refractivity contribution >= 4 is 30.0 Å². The Balaban J connectivity index is 2.33. The molecule has 0 spiro atoms. The molecule has 0 aliphatic heterocycles. The lowest BCUT2D eigenvalue weighted by molar-refractivity contribution is -0.125. The van der Waals surface area contributed by atoms with Crippen LogP contribution >= 0.6 is 15.9 Å². The van der Waals surface area contributed by atoms with Gasteiger partial charge in [-0.2, -0.15) is 0 Å². The van der Waals surface area contributed by atoms with E-state index < -0.39 is 13.9 Å². The van der Waals surface area contributed by atoms with Crippen LogP contribution in [0.25, 0.3) is 0 Å². The van der Waals surface area contributed by atoms with Crippen molar-refractivity contribution < 1.29 is 9.22 Å². The van der Waals surface area contributed by atoms with Crippen LogP contribution in [-0.2, 0) is 14.8 Å². The smallest absolute Gasteiger partial charge is 0.185 e. The number of carbonyl (C=O) groups excluding carboxylic acids is 1. The molecule has 1 fully saturated rings. The van der Waals surface area contributed by atoms with Gasteiger partial charge in [0.15, 0.2) is 14.1 Å². The molecule has 0 atom stereocenters. The Morgan fingerprint density at radius 1 is 1.21 bits per heavy atom. The second-order valence-electron chi connectivity index (χ2n) is 5.97. The molecule has 0 unspecified atom stereocenters. The van der Waals surface area contributed by atoms with Crippen molar-refractivity contribution in [3.05, 3.63) is 22.7 Å². The number of carbonyl (C=O) groups is 1. The van der Waals surface area contributed by atoms with Crippen LogP contribution in [0.3, 0.4) is 0 Å². The average Bonchev–Trinajstić information content (AvgIpc) is 2.31. The zero-order valence-corrected chi connectivity index (χ0v) is 14.2. The first kappa shape index (κ1) is 14.8. The quantitative estimate of drug-likeness (QED) is 0.789. The summed E-state index contributed by atoms with van der Waals surface area (Å²) in [6, 6.07) is 0. The first-order valence-corrected chi connectivity index (χ1v) is 10.7. The van der Waals surface area contributed by atoms with Crippen LogP contribution in [0.4, 0.5) is 0 Å². The van der Waals surface area contributed by atoms with E-state index in [0.29, 0.717) is 37.3 Å². The second kappa shape index (κ2) is 5.42. The Labute approximate surface area is 123 Å². The third kappa shape index (κ3) is 3.70. The molecule has 104 valence electrons. The number of Topliss-reactive ketones (excluding diaryl/α,β-unsaturated/α-hetero) is 1. The zero-order valence-electron chi connectivity index (χ0n) is 11.6. The summed E-state index contributed by atoms with van der Waals surface area (Å²) in [5, 5.41) is 0. The van der Waals surface area contributed by atoms with Gasteiger partial charge in [0.25, 0.3) is 0 Å². The van der Waals surface area contributed by atoms with E-state index in [1.54, 1.807) is 12.4 Å². The van der Waals surface area contributed by atoms with E-state index in [4.69, 9.17) is 4.43 Å². The van der Waals surface area contributed by atoms with E-state index in [1.807, 2.05) is 0 Å². The van der Waals surface area contributed by atoms with Gasteiger partial charge in [0, 0.05) is 25.2 Å². The largest absolute Gasteiger partial charge is 0.405 e. The molecule has 1 aliphatic rings. The zero-order chi connectivity index (χ0) is 14.1. The number of hydrogen-bond donors (Lipinski definition) is 0. The highest BCUT2D eigenvalue weighted by molar-refractivity contribution is 9.10. The number of nitrogens with zero attached hydrogens (tertiary/aromatic N) is 2. The predicted molar refractivity (Wildman–Crippen MR) is 79.3 cm³/mol. The maximum absolute atomic E-state index is 11.5. The monoisotopic (exact) mass is 342 g/mol. The number of ketones is 1. The van der Waals surface area contributed by atoms with Gasteiger partial charge in [0.2, 0.25) is 0 Å². The van der Waals surface area contributed by atoms with Crippen molar-refractivity contribution in [2.75, 3.05) is 0 Å². The molecule has 0 N–H and O–H groups in total. The van der Waals surface area contributed by atoms with Gasteiger partial charge in [-0.05, 0) is 48.4 Å². The SMILES string of the molecule is C[Si](C)(C)OC1(c2ncc(Br)cn2)CCC(=O)CC1. The van der Waals surface area contributed by atoms with Crippen LogP contribution < -0.4 is 0 Å². The molecular weight excluding hydrogens is 324 g/mol. The molecule has 0 aromatic carbocycles. The van der Waals surface area contributed by atoms with Crippen LogP contribution in [-0.4, -0.2) is 24.1 Å². The molecule has 6 heteroatoms. The molecule has 4 nitrogen and oxygen atoms in total. The van der Waals surface area contributed by atoms with Crippen molar-refractivity contribution in [1.29, 1.82) is 0 Å². The first-order chi connectivity index (χ1) is 8.81. The summed E-state index contributed by atoms with van der Waals surface area (Å²) >= 11 is 3.35. The maximum atomic E-state index is 11.5. The molecular formula is C13H19BrN2O2Si. The van der Waals surface area contributed by atoms with Gasteiger partial charge < -0.3 is 4.43 Å². The fourth-order valence-electron chi connectivity index (χ4n) is 2.44. The molecule has 1 aromatic heterocycles. The standard InChI is InChI=1S/C13H19BrN2O2Si/c1-19(2,3)18-13(6-4-11(17)5-7-13)12-15-8-10(14)9-16-12/h8-9H,4-7H2,1-3H3. The molecule has 0 radical (unpaired) electrons. The minimum absolute atomic E-state index is 0.312. The number of aromatic nitrogens is 2. The van der Waals surface area contributed by atoms with Crippen molar-refractivity contribution in [2.24, 2.45) is 0 Å². The van der Waals surface area contributed by atoms with E-state index in [1.165, 1.54) is 0 Å². The van der Waals surface area contributed by atoms with Crippen molar-refractivity contribution in [3.8, 4) is 0 Å². The molecule has 1 heterocycles. The third-order valence-corrected chi connectivity index (χ3v) is 4.56. The average molecular weight is 343 g/mol. The highest BCUT2D eigenvalue weighted by atomic mass is 79.9. The Bertz CT molecular complexity index is 461. The Hall–Kier alpha value is -0.593. The normalized spacial score (nSPS) is 19.5. The molecule has 1 aliphatic carbocycles. The van der Waals surface area contributed by atoms with Gasteiger partial charge in [0.05, 0.1) is 4.47 Å². The minimum atomic E-state index is -1.74. The maximum Gasteiger partial charge on any atom is 0.185 e. The molecule has 1 saturated carbocycles. The van der Waals surface area contributed by atoms with E-state index in [-0.39, 0.29) is 0 Å². The van der Waals surface area contributed by atoms with Crippen molar-refractivity contribution in [3.63, 3.8) is 0 Å². The fraction of sp³-hybridized carbons (Fsp3) is 0.615. The van der Waals surface area contributed by atoms with Gasteiger partial charge in [-0.3, -0.25) is 4.79 Å². The molecule has 0 bridgehead atoms. The summed E-state index contributed by atoms with van der Waals surface area (Å²) in [6.07, 6.45) is 5.99.